The Morgan fingerprint density at radius 2 is 1.79 bits per heavy atom. The van der Waals surface area contributed by atoms with Crippen molar-refractivity contribution in [3.8, 4) is 0 Å². The Morgan fingerprint density at radius 1 is 1.21 bits per heavy atom. The summed E-state index contributed by atoms with van der Waals surface area (Å²) in [4.78, 5) is 0. The topological polar surface area (TPSA) is 9.23 Å². The number of hydrogen-bond donors (Lipinski definition) is 1. The average molecular weight is 212 g/mol. The van der Waals surface area contributed by atoms with Gasteiger partial charge in [-0.3, -0.25) is 0 Å². The largest absolute Gasteiger partial charge is 0.381 e. The molecule has 1 rings (SSSR count). The van der Waals surface area contributed by atoms with Crippen molar-refractivity contribution in [2.24, 2.45) is 0 Å². The maximum absolute atomic E-state index is 5.35. The van der Waals surface area contributed by atoms with Gasteiger partial charge in [-0.1, -0.05) is 37.3 Å². The third-order valence-corrected chi connectivity index (χ3v) is 1.94. The van der Waals surface area contributed by atoms with Crippen LogP contribution in [0.4, 0.5) is 0 Å². The van der Waals surface area contributed by atoms with E-state index in [1.54, 1.807) is 6.26 Å². The minimum Gasteiger partial charge on any atom is -0.381 e. The fourth-order valence-electron chi connectivity index (χ4n) is 1.17. The molecule has 1 unspecified atom stereocenters. The Kier molecular flexibility index (Phi) is 8.79. The minimum atomic E-state index is 0.506. The van der Waals surface area contributed by atoms with Gasteiger partial charge in [-0.15, -0.1) is 0 Å². The van der Waals surface area contributed by atoms with Gasteiger partial charge in [0.2, 0.25) is 0 Å². The number of ether oxygens (including phenoxy) is 1. The Labute approximate surface area is 92.9 Å². The van der Waals surface area contributed by atoms with Crippen LogP contribution < -0.4 is 0 Å². The van der Waals surface area contributed by atoms with Crippen LogP contribution in [0.2, 0.25) is 0 Å². The molecule has 0 bridgehead atoms. The summed E-state index contributed by atoms with van der Waals surface area (Å²) >= 11 is 3.53. The first-order chi connectivity index (χ1) is 6.84. The van der Waals surface area contributed by atoms with E-state index in [1.807, 2.05) is 13.0 Å². The number of hydrogen-bond acceptors (Lipinski definition) is 2. The summed E-state index contributed by atoms with van der Waals surface area (Å²) in [5.41, 5.74) is 1.35. The fourth-order valence-corrected chi connectivity index (χ4v) is 1.17. The number of thiol groups is 1. The zero-order chi connectivity index (χ0) is 10.8. The van der Waals surface area contributed by atoms with Crippen LogP contribution in [0.3, 0.4) is 0 Å². The van der Waals surface area contributed by atoms with Crippen LogP contribution in [0.15, 0.2) is 30.3 Å². The molecule has 0 aliphatic rings. The number of rotatable bonds is 4. The molecule has 1 aromatic carbocycles. The SMILES string of the molecule is CCOCC(C)c1ccccc1.CS. The highest BCUT2D eigenvalue weighted by molar-refractivity contribution is 7.79. The third kappa shape index (κ3) is 5.30. The molecule has 0 aromatic heterocycles. The molecule has 0 saturated carbocycles. The first-order valence-electron chi connectivity index (χ1n) is 4.92. The zero-order valence-corrected chi connectivity index (χ0v) is 10.1. The molecule has 0 spiro atoms. The lowest BCUT2D eigenvalue weighted by Gasteiger charge is -2.10. The first-order valence-corrected chi connectivity index (χ1v) is 5.81. The lowest BCUT2D eigenvalue weighted by molar-refractivity contribution is 0.136. The van der Waals surface area contributed by atoms with Crippen molar-refractivity contribution in [2.45, 2.75) is 19.8 Å². The molecular formula is C12H20OS. The summed E-state index contributed by atoms with van der Waals surface area (Å²) in [5, 5.41) is 0. The van der Waals surface area contributed by atoms with Gasteiger partial charge in [-0.05, 0) is 18.7 Å². The second-order valence-electron chi connectivity index (χ2n) is 2.97. The van der Waals surface area contributed by atoms with Gasteiger partial charge in [0, 0.05) is 12.5 Å². The predicted octanol–water partition coefficient (Wildman–Crippen LogP) is 3.37. The summed E-state index contributed by atoms with van der Waals surface area (Å²) < 4.78 is 5.35. The first kappa shape index (κ1) is 13.5. The highest BCUT2D eigenvalue weighted by atomic mass is 32.1. The molecule has 80 valence electrons. The Balaban J connectivity index is 0.000000791. The number of benzene rings is 1. The monoisotopic (exact) mass is 212 g/mol. The maximum Gasteiger partial charge on any atom is 0.0531 e. The van der Waals surface area contributed by atoms with E-state index in [0.717, 1.165) is 13.2 Å². The quantitative estimate of drug-likeness (QED) is 0.753. The Hall–Kier alpha value is -0.470. The third-order valence-electron chi connectivity index (χ3n) is 1.94. The lowest BCUT2D eigenvalue weighted by Crippen LogP contribution is -2.03. The van der Waals surface area contributed by atoms with Crippen molar-refractivity contribution >= 4 is 12.6 Å². The standard InChI is InChI=1S/C11H16O.CH4S/c1-3-12-9-10(2)11-7-5-4-6-8-11;1-2/h4-8,10H,3,9H2,1-2H3;2H,1H3. The molecule has 0 N–H and O–H groups in total. The molecule has 1 nitrogen and oxygen atoms in total. The summed E-state index contributed by atoms with van der Waals surface area (Å²) in [6.07, 6.45) is 1.69. The Morgan fingerprint density at radius 3 is 2.29 bits per heavy atom. The van der Waals surface area contributed by atoms with Gasteiger partial charge >= 0.3 is 0 Å². The molecule has 0 amide bonds. The highest BCUT2D eigenvalue weighted by Crippen LogP contribution is 2.14. The summed E-state index contributed by atoms with van der Waals surface area (Å²) in [5.74, 6) is 0.506. The molecule has 0 aliphatic heterocycles. The van der Waals surface area contributed by atoms with Crippen molar-refractivity contribution in [3.63, 3.8) is 0 Å². The van der Waals surface area contributed by atoms with E-state index in [0.29, 0.717) is 5.92 Å². The van der Waals surface area contributed by atoms with Crippen molar-refractivity contribution in [1.29, 1.82) is 0 Å². The van der Waals surface area contributed by atoms with E-state index in [1.165, 1.54) is 5.56 Å². The normalized spacial score (nSPS) is 11.4. The van der Waals surface area contributed by atoms with Gasteiger partial charge in [-0.25, -0.2) is 0 Å². The van der Waals surface area contributed by atoms with Crippen molar-refractivity contribution in [2.75, 3.05) is 19.5 Å². The zero-order valence-electron chi connectivity index (χ0n) is 9.23. The smallest absolute Gasteiger partial charge is 0.0531 e. The molecule has 0 saturated heterocycles. The lowest BCUT2D eigenvalue weighted by atomic mass is 10.0. The Bertz CT molecular complexity index is 211. The van der Waals surface area contributed by atoms with Crippen molar-refractivity contribution < 1.29 is 4.74 Å². The molecule has 0 heterocycles. The molecule has 1 atom stereocenters. The van der Waals surface area contributed by atoms with Gasteiger partial charge in [0.25, 0.3) is 0 Å². The average Bonchev–Trinajstić information content (AvgIpc) is 2.30. The van der Waals surface area contributed by atoms with Gasteiger partial charge in [0.15, 0.2) is 0 Å². The minimum absolute atomic E-state index is 0.506. The summed E-state index contributed by atoms with van der Waals surface area (Å²) in [6.45, 7) is 5.83. The van der Waals surface area contributed by atoms with Crippen molar-refractivity contribution in [1.82, 2.24) is 0 Å². The van der Waals surface area contributed by atoms with E-state index >= 15 is 0 Å². The predicted molar refractivity (Wildman–Crippen MR) is 66.3 cm³/mol. The molecule has 1 aromatic rings. The molecular weight excluding hydrogens is 192 g/mol. The fraction of sp³-hybridized carbons (Fsp3) is 0.500. The van der Waals surface area contributed by atoms with Crippen LogP contribution >= 0.6 is 12.6 Å². The molecule has 0 radical (unpaired) electrons. The van der Waals surface area contributed by atoms with Crippen LogP contribution in [-0.2, 0) is 4.74 Å². The second kappa shape index (κ2) is 9.10. The van der Waals surface area contributed by atoms with Gasteiger partial charge in [0.1, 0.15) is 0 Å². The van der Waals surface area contributed by atoms with E-state index in [2.05, 4.69) is 43.8 Å². The molecule has 2 heteroatoms. The molecule has 0 fully saturated rings. The maximum atomic E-state index is 5.35. The van der Waals surface area contributed by atoms with Crippen LogP contribution in [0.5, 0.6) is 0 Å². The van der Waals surface area contributed by atoms with Crippen molar-refractivity contribution in [3.05, 3.63) is 35.9 Å². The van der Waals surface area contributed by atoms with E-state index in [4.69, 9.17) is 4.74 Å². The summed E-state index contributed by atoms with van der Waals surface area (Å²) in [7, 11) is 0. The molecule has 14 heavy (non-hydrogen) atoms. The van der Waals surface area contributed by atoms with E-state index in [9.17, 15) is 0 Å². The van der Waals surface area contributed by atoms with E-state index in [-0.39, 0.29) is 0 Å². The van der Waals surface area contributed by atoms with Gasteiger partial charge < -0.3 is 4.74 Å². The van der Waals surface area contributed by atoms with E-state index < -0.39 is 0 Å². The van der Waals surface area contributed by atoms with Crippen LogP contribution in [0.1, 0.15) is 25.3 Å². The van der Waals surface area contributed by atoms with Gasteiger partial charge in [0.05, 0.1) is 6.61 Å². The van der Waals surface area contributed by atoms with Crippen LogP contribution in [0, 0.1) is 0 Å². The van der Waals surface area contributed by atoms with Crippen LogP contribution in [0.25, 0.3) is 0 Å². The second-order valence-corrected chi connectivity index (χ2v) is 2.97. The summed E-state index contributed by atoms with van der Waals surface area (Å²) in [6, 6.07) is 10.5. The van der Waals surface area contributed by atoms with Gasteiger partial charge in [-0.2, -0.15) is 12.6 Å². The highest BCUT2D eigenvalue weighted by Gasteiger charge is 2.02. The van der Waals surface area contributed by atoms with Crippen LogP contribution in [-0.4, -0.2) is 19.5 Å². The molecule has 0 aliphatic carbocycles.